The molecule has 2 rings (SSSR count). The van der Waals surface area contributed by atoms with Crippen LogP contribution in [0.15, 0.2) is 47.2 Å². The summed E-state index contributed by atoms with van der Waals surface area (Å²) in [5.74, 6) is -0.252. The van der Waals surface area contributed by atoms with Crippen molar-refractivity contribution in [2.45, 2.75) is 0 Å². The van der Waals surface area contributed by atoms with Crippen LogP contribution in [0.4, 0.5) is 5.69 Å². The molecule has 0 aliphatic rings. The molecule has 0 saturated heterocycles. The van der Waals surface area contributed by atoms with Gasteiger partial charge in [0.2, 0.25) is 0 Å². The number of hydrogen-bond acceptors (Lipinski definition) is 2. The van der Waals surface area contributed by atoms with E-state index in [0.29, 0.717) is 20.9 Å². The number of rotatable bonds is 2. The predicted molar refractivity (Wildman–Crippen MR) is 71.3 cm³/mol. The maximum absolute atomic E-state index is 11.9. The molecule has 1 N–H and O–H groups in total. The molecule has 1 aromatic heterocycles. The van der Waals surface area contributed by atoms with Crippen LogP contribution < -0.4 is 5.32 Å². The minimum Gasteiger partial charge on any atom is -0.321 e. The van der Waals surface area contributed by atoms with Crippen molar-refractivity contribution in [3.05, 3.63) is 57.8 Å². The quantitative estimate of drug-likeness (QED) is 0.858. The highest BCUT2D eigenvalue weighted by atomic mass is 79.9. The van der Waals surface area contributed by atoms with Gasteiger partial charge in [-0.1, -0.05) is 23.7 Å². The summed E-state index contributed by atoms with van der Waals surface area (Å²) < 4.78 is 0.504. The molecule has 0 aliphatic carbocycles. The topological polar surface area (TPSA) is 42.0 Å². The molecule has 2 aromatic rings. The lowest BCUT2D eigenvalue weighted by atomic mass is 10.2. The number of anilines is 1. The van der Waals surface area contributed by atoms with Crippen LogP contribution in [-0.4, -0.2) is 10.9 Å². The van der Waals surface area contributed by atoms with Gasteiger partial charge in [0.1, 0.15) is 4.60 Å². The van der Waals surface area contributed by atoms with Crippen LogP contribution >= 0.6 is 27.5 Å². The Morgan fingerprint density at radius 2 is 2.00 bits per heavy atom. The second-order valence-electron chi connectivity index (χ2n) is 3.28. The summed E-state index contributed by atoms with van der Waals surface area (Å²) in [6.45, 7) is 0. The van der Waals surface area contributed by atoms with Crippen molar-refractivity contribution in [3.8, 4) is 0 Å². The minimum atomic E-state index is -0.252. The van der Waals surface area contributed by atoms with Crippen molar-refractivity contribution in [1.82, 2.24) is 4.98 Å². The van der Waals surface area contributed by atoms with Crippen LogP contribution in [0.1, 0.15) is 10.4 Å². The molecule has 1 aromatic carbocycles. The zero-order valence-corrected chi connectivity index (χ0v) is 11.0. The number of nitrogens with zero attached hydrogens (tertiary/aromatic N) is 1. The van der Waals surface area contributed by atoms with E-state index < -0.39 is 0 Å². The van der Waals surface area contributed by atoms with E-state index in [-0.39, 0.29) is 5.91 Å². The van der Waals surface area contributed by atoms with E-state index >= 15 is 0 Å². The summed E-state index contributed by atoms with van der Waals surface area (Å²) in [5, 5.41) is 3.23. The van der Waals surface area contributed by atoms with Crippen LogP contribution in [0, 0.1) is 0 Å². The molecular formula is C12H8BrClN2O. The van der Waals surface area contributed by atoms with Gasteiger partial charge in [-0.3, -0.25) is 4.79 Å². The fourth-order valence-electron chi connectivity index (χ4n) is 1.31. The Hall–Kier alpha value is -1.39. The Labute approximate surface area is 112 Å². The fourth-order valence-corrected chi connectivity index (χ4v) is 1.92. The molecule has 5 heteroatoms. The number of benzene rings is 1. The maximum atomic E-state index is 11.9. The normalized spacial score (nSPS) is 10.0. The highest BCUT2D eigenvalue weighted by Crippen LogP contribution is 2.22. The molecule has 1 amide bonds. The van der Waals surface area contributed by atoms with Crippen molar-refractivity contribution in [1.29, 1.82) is 0 Å². The van der Waals surface area contributed by atoms with E-state index in [0.717, 1.165) is 0 Å². The molecule has 0 saturated carbocycles. The van der Waals surface area contributed by atoms with Gasteiger partial charge >= 0.3 is 0 Å². The summed E-state index contributed by atoms with van der Waals surface area (Å²) in [4.78, 5) is 15.9. The molecule has 0 aliphatic heterocycles. The third kappa shape index (κ3) is 2.84. The molecule has 1 heterocycles. The summed E-state index contributed by atoms with van der Waals surface area (Å²) in [6, 6.07) is 10.5. The van der Waals surface area contributed by atoms with Crippen LogP contribution in [0.25, 0.3) is 0 Å². The van der Waals surface area contributed by atoms with Gasteiger partial charge in [-0.25, -0.2) is 4.98 Å². The number of carbonyl (C=O) groups excluding carboxylic acids is 1. The number of aromatic nitrogens is 1. The third-order valence-corrected chi connectivity index (χ3v) is 3.09. The highest BCUT2D eigenvalue weighted by Gasteiger charge is 2.11. The first-order valence-electron chi connectivity index (χ1n) is 4.85. The molecule has 3 nitrogen and oxygen atoms in total. The largest absolute Gasteiger partial charge is 0.321 e. The van der Waals surface area contributed by atoms with Gasteiger partial charge < -0.3 is 5.32 Å². The monoisotopic (exact) mass is 310 g/mol. The Bertz CT molecular complexity index is 560. The van der Waals surface area contributed by atoms with Crippen molar-refractivity contribution in [3.63, 3.8) is 0 Å². The summed E-state index contributed by atoms with van der Waals surface area (Å²) in [6.07, 6.45) is 1.61. The minimum absolute atomic E-state index is 0.252. The SMILES string of the molecule is O=C(Nc1ccccc1Cl)c1cccnc1Br. The fraction of sp³-hybridized carbons (Fsp3) is 0. The average molecular weight is 312 g/mol. The molecule has 0 atom stereocenters. The van der Waals surface area contributed by atoms with Gasteiger partial charge in [-0.2, -0.15) is 0 Å². The Morgan fingerprint density at radius 1 is 1.24 bits per heavy atom. The molecule has 0 bridgehead atoms. The van der Waals surface area contributed by atoms with E-state index in [1.165, 1.54) is 0 Å². The number of carbonyl (C=O) groups is 1. The predicted octanol–water partition coefficient (Wildman–Crippen LogP) is 3.75. The Kier molecular flexibility index (Phi) is 3.76. The number of halogens is 2. The van der Waals surface area contributed by atoms with Crippen LogP contribution in [-0.2, 0) is 0 Å². The third-order valence-electron chi connectivity index (χ3n) is 2.13. The van der Waals surface area contributed by atoms with Gasteiger partial charge in [0, 0.05) is 6.20 Å². The van der Waals surface area contributed by atoms with E-state index in [2.05, 4.69) is 26.2 Å². The van der Waals surface area contributed by atoms with Gasteiger partial charge in [-0.05, 0) is 40.2 Å². The lowest BCUT2D eigenvalue weighted by Crippen LogP contribution is -2.13. The number of para-hydroxylation sites is 1. The first-order valence-corrected chi connectivity index (χ1v) is 6.02. The summed E-state index contributed by atoms with van der Waals surface area (Å²) in [5.41, 5.74) is 1.04. The van der Waals surface area contributed by atoms with Crippen molar-refractivity contribution < 1.29 is 4.79 Å². The summed E-state index contributed by atoms with van der Waals surface area (Å²) in [7, 11) is 0. The smallest absolute Gasteiger partial charge is 0.258 e. The average Bonchev–Trinajstić information content (AvgIpc) is 2.32. The van der Waals surface area contributed by atoms with E-state index in [1.54, 1.807) is 42.6 Å². The molecule has 0 radical (unpaired) electrons. The molecule has 86 valence electrons. The van der Waals surface area contributed by atoms with E-state index in [9.17, 15) is 4.79 Å². The zero-order chi connectivity index (χ0) is 12.3. The number of hydrogen-bond donors (Lipinski definition) is 1. The first-order chi connectivity index (χ1) is 8.18. The van der Waals surface area contributed by atoms with Crippen LogP contribution in [0.3, 0.4) is 0 Å². The standard InChI is InChI=1S/C12H8BrClN2O/c13-11-8(4-3-7-15-11)12(17)16-10-6-2-1-5-9(10)14/h1-7H,(H,16,17). The van der Waals surface area contributed by atoms with Crippen molar-refractivity contribution >= 4 is 39.1 Å². The number of pyridine rings is 1. The van der Waals surface area contributed by atoms with Gasteiger partial charge in [-0.15, -0.1) is 0 Å². The van der Waals surface area contributed by atoms with E-state index in [4.69, 9.17) is 11.6 Å². The molecular weight excluding hydrogens is 304 g/mol. The van der Waals surface area contributed by atoms with Crippen LogP contribution in [0.2, 0.25) is 5.02 Å². The molecule has 0 spiro atoms. The van der Waals surface area contributed by atoms with Crippen LogP contribution in [0.5, 0.6) is 0 Å². The highest BCUT2D eigenvalue weighted by molar-refractivity contribution is 9.10. The van der Waals surface area contributed by atoms with Crippen molar-refractivity contribution in [2.24, 2.45) is 0 Å². The Balaban J connectivity index is 2.24. The maximum Gasteiger partial charge on any atom is 0.258 e. The van der Waals surface area contributed by atoms with E-state index in [1.807, 2.05) is 0 Å². The second kappa shape index (κ2) is 5.29. The van der Waals surface area contributed by atoms with Gasteiger partial charge in [0.25, 0.3) is 5.91 Å². The molecule has 0 fully saturated rings. The number of amides is 1. The second-order valence-corrected chi connectivity index (χ2v) is 4.43. The lowest BCUT2D eigenvalue weighted by molar-refractivity contribution is 0.102. The lowest BCUT2D eigenvalue weighted by Gasteiger charge is -2.07. The van der Waals surface area contributed by atoms with Gasteiger partial charge in [0.15, 0.2) is 0 Å². The Morgan fingerprint density at radius 3 is 2.71 bits per heavy atom. The number of nitrogens with one attached hydrogen (secondary N) is 1. The molecule has 0 unspecified atom stereocenters. The molecule has 17 heavy (non-hydrogen) atoms. The van der Waals surface area contributed by atoms with Gasteiger partial charge in [0.05, 0.1) is 16.3 Å². The first kappa shape index (κ1) is 12.1. The zero-order valence-electron chi connectivity index (χ0n) is 8.65. The van der Waals surface area contributed by atoms with Crippen molar-refractivity contribution in [2.75, 3.05) is 5.32 Å². The summed E-state index contributed by atoms with van der Waals surface area (Å²) >= 11 is 9.18.